The molecule has 0 unspecified atom stereocenters. The summed E-state index contributed by atoms with van der Waals surface area (Å²) in [4.78, 5) is 13.7. The summed E-state index contributed by atoms with van der Waals surface area (Å²) in [6.45, 7) is 6.12. The minimum Gasteiger partial charge on any atom is -0.314 e. The molecule has 2 heterocycles. The van der Waals surface area contributed by atoms with Crippen molar-refractivity contribution in [3.63, 3.8) is 0 Å². The fourth-order valence-corrected chi connectivity index (χ4v) is 2.82. The van der Waals surface area contributed by atoms with E-state index in [0.717, 1.165) is 31.1 Å². The molecule has 0 bridgehead atoms. The molecule has 2 rings (SSSR count). The van der Waals surface area contributed by atoms with Crippen molar-refractivity contribution in [3.8, 4) is 0 Å². The average Bonchev–Trinajstić information content (AvgIpc) is 2.78. The van der Waals surface area contributed by atoms with E-state index in [0.29, 0.717) is 0 Å². The SMILES string of the molecule is C[C@@H](c1ccc([N+](=O)[O-])s1)N1CCNCC1.Cl.Cl. The molecule has 1 aromatic rings. The lowest BCUT2D eigenvalue weighted by Crippen LogP contribution is -2.44. The van der Waals surface area contributed by atoms with Gasteiger partial charge in [0.2, 0.25) is 0 Å². The number of hydrogen-bond acceptors (Lipinski definition) is 5. The molecule has 1 N–H and O–H groups in total. The molecule has 104 valence electrons. The number of piperazine rings is 1. The van der Waals surface area contributed by atoms with Crippen LogP contribution in [0.1, 0.15) is 17.8 Å². The van der Waals surface area contributed by atoms with Gasteiger partial charge in [-0.3, -0.25) is 15.0 Å². The molecule has 0 aromatic carbocycles. The smallest absolute Gasteiger partial charge is 0.314 e. The molecule has 0 aliphatic carbocycles. The van der Waals surface area contributed by atoms with Gasteiger partial charge in [-0.2, -0.15) is 0 Å². The maximum absolute atomic E-state index is 10.6. The summed E-state index contributed by atoms with van der Waals surface area (Å²) in [5.41, 5.74) is 0. The molecular weight excluding hydrogens is 297 g/mol. The van der Waals surface area contributed by atoms with Crippen LogP contribution in [0.2, 0.25) is 0 Å². The van der Waals surface area contributed by atoms with E-state index in [-0.39, 0.29) is 40.8 Å². The quantitative estimate of drug-likeness (QED) is 0.688. The molecule has 8 heteroatoms. The average molecular weight is 314 g/mol. The van der Waals surface area contributed by atoms with Crippen molar-refractivity contribution in [1.82, 2.24) is 10.2 Å². The van der Waals surface area contributed by atoms with E-state index in [1.807, 2.05) is 6.07 Å². The Hall–Kier alpha value is -0.400. The van der Waals surface area contributed by atoms with Gasteiger partial charge in [0.1, 0.15) is 0 Å². The predicted molar refractivity (Wildman–Crippen MR) is 78.3 cm³/mol. The number of halogens is 2. The first-order valence-corrected chi connectivity index (χ1v) is 6.19. The topological polar surface area (TPSA) is 58.4 Å². The molecule has 1 atom stereocenters. The van der Waals surface area contributed by atoms with Gasteiger partial charge in [-0.05, 0) is 13.0 Å². The Labute approximate surface area is 123 Å². The van der Waals surface area contributed by atoms with Crippen LogP contribution >= 0.6 is 36.2 Å². The number of hydrogen-bond donors (Lipinski definition) is 1. The van der Waals surface area contributed by atoms with E-state index in [2.05, 4.69) is 17.1 Å². The van der Waals surface area contributed by atoms with Crippen molar-refractivity contribution >= 4 is 41.2 Å². The molecule has 0 saturated carbocycles. The van der Waals surface area contributed by atoms with Gasteiger partial charge in [0.25, 0.3) is 0 Å². The Morgan fingerprint density at radius 1 is 1.39 bits per heavy atom. The largest absolute Gasteiger partial charge is 0.324 e. The molecule has 1 saturated heterocycles. The Morgan fingerprint density at radius 3 is 2.50 bits per heavy atom. The van der Waals surface area contributed by atoms with E-state index in [1.165, 1.54) is 11.3 Å². The Kier molecular flexibility index (Phi) is 7.73. The van der Waals surface area contributed by atoms with Crippen molar-refractivity contribution in [2.45, 2.75) is 13.0 Å². The van der Waals surface area contributed by atoms with Crippen molar-refractivity contribution in [3.05, 3.63) is 27.1 Å². The maximum atomic E-state index is 10.6. The minimum atomic E-state index is -0.321. The first-order chi connectivity index (χ1) is 7.68. The number of rotatable bonds is 3. The lowest BCUT2D eigenvalue weighted by atomic mass is 10.2. The molecular formula is C10H17Cl2N3O2S. The number of thiophene rings is 1. The highest BCUT2D eigenvalue weighted by Gasteiger charge is 2.21. The summed E-state index contributed by atoms with van der Waals surface area (Å²) in [7, 11) is 0. The lowest BCUT2D eigenvalue weighted by molar-refractivity contribution is -0.380. The summed E-state index contributed by atoms with van der Waals surface area (Å²) in [5.74, 6) is 0. The Balaban J connectivity index is 0.00000144. The van der Waals surface area contributed by atoms with Crippen molar-refractivity contribution in [1.29, 1.82) is 0 Å². The monoisotopic (exact) mass is 313 g/mol. The summed E-state index contributed by atoms with van der Waals surface area (Å²) in [5, 5.41) is 14.1. The third-order valence-electron chi connectivity index (χ3n) is 2.90. The molecule has 1 aromatic heterocycles. The van der Waals surface area contributed by atoms with Crippen LogP contribution in [0.3, 0.4) is 0 Å². The number of nitro groups is 1. The first-order valence-electron chi connectivity index (χ1n) is 5.37. The van der Waals surface area contributed by atoms with E-state index < -0.39 is 0 Å². The minimum absolute atomic E-state index is 0. The first kappa shape index (κ1) is 17.6. The normalized spacial score (nSPS) is 17.4. The molecule has 0 spiro atoms. The maximum Gasteiger partial charge on any atom is 0.324 e. The highest BCUT2D eigenvalue weighted by molar-refractivity contribution is 7.15. The molecule has 1 aliphatic heterocycles. The second-order valence-electron chi connectivity index (χ2n) is 3.90. The van der Waals surface area contributed by atoms with E-state index in [4.69, 9.17) is 0 Å². The zero-order valence-electron chi connectivity index (χ0n) is 10.00. The third kappa shape index (κ3) is 4.07. The van der Waals surface area contributed by atoms with E-state index in [9.17, 15) is 10.1 Å². The number of nitrogens with one attached hydrogen (secondary N) is 1. The van der Waals surface area contributed by atoms with Crippen LogP contribution in [0.25, 0.3) is 0 Å². The fraction of sp³-hybridized carbons (Fsp3) is 0.600. The zero-order chi connectivity index (χ0) is 11.5. The molecule has 1 fully saturated rings. The molecule has 18 heavy (non-hydrogen) atoms. The van der Waals surface area contributed by atoms with Gasteiger partial charge in [-0.1, -0.05) is 11.3 Å². The van der Waals surface area contributed by atoms with Crippen molar-refractivity contribution < 1.29 is 4.92 Å². The fourth-order valence-electron chi connectivity index (χ4n) is 1.91. The highest BCUT2D eigenvalue weighted by Crippen LogP contribution is 2.31. The van der Waals surface area contributed by atoms with Gasteiger partial charge >= 0.3 is 5.00 Å². The van der Waals surface area contributed by atoms with Crippen LogP contribution in [0, 0.1) is 10.1 Å². The van der Waals surface area contributed by atoms with Gasteiger partial charge in [0.15, 0.2) is 0 Å². The van der Waals surface area contributed by atoms with Crippen LogP contribution in [0.5, 0.6) is 0 Å². The summed E-state index contributed by atoms with van der Waals surface area (Å²) >= 11 is 1.28. The molecule has 0 amide bonds. The summed E-state index contributed by atoms with van der Waals surface area (Å²) in [6, 6.07) is 3.74. The standard InChI is InChI=1S/C10H15N3O2S.2ClH/c1-8(12-6-4-11-5-7-12)9-2-3-10(16-9)13(14)15;;/h2-3,8,11H,4-7H2,1H3;2*1H/t8-;;/m0../s1. The van der Waals surface area contributed by atoms with Crippen LogP contribution < -0.4 is 5.32 Å². The van der Waals surface area contributed by atoms with Crippen LogP contribution in [0.4, 0.5) is 5.00 Å². The summed E-state index contributed by atoms with van der Waals surface area (Å²) in [6.07, 6.45) is 0. The van der Waals surface area contributed by atoms with Crippen LogP contribution in [-0.2, 0) is 0 Å². The molecule has 1 aliphatic rings. The Bertz CT molecular complexity index is 383. The van der Waals surface area contributed by atoms with Crippen LogP contribution in [0.15, 0.2) is 12.1 Å². The van der Waals surface area contributed by atoms with Gasteiger partial charge in [-0.25, -0.2) is 0 Å². The predicted octanol–water partition coefficient (Wildman–Crippen LogP) is 2.47. The van der Waals surface area contributed by atoms with Crippen LogP contribution in [-0.4, -0.2) is 36.0 Å². The van der Waals surface area contributed by atoms with Gasteiger partial charge in [0.05, 0.1) is 4.92 Å². The summed E-state index contributed by atoms with van der Waals surface area (Å²) < 4.78 is 0. The zero-order valence-corrected chi connectivity index (χ0v) is 12.4. The van der Waals surface area contributed by atoms with E-state index in [1.54, 1.807) is 6.07 Å². The second kappa shape index (κ2) is 7.91. The highest BCUT2D eigenvalue weighted by atomic mass is 35.5. The van der Waals surface area contributed by atoms with Gasteiger partial charge < -0.3 is 5.32 Å². The van der Waals surface area contributed by atoms with Crippen molar-refractivity contribution in [2.75, 3.05) is 26.2 Å². The van der Waals surface area contributed by atoms with Gasteiger partial charge in [-0.15, -0.1) is 24.8 Å². The molecule has 5 nitrogen and oxygen atoms in total. The Morgan fingerprint density at radius 2 is 2.00 bits per heavy atom. The third-order valence-corrected chi connectivity index (χ3v) is 4.11. The van der Waals surface area contributed by atoms with Crippen molar-refractivity contribution in [2.24, 2.45) is 0 Å². The number of nitrogens with zero attached hydrogens (tertiary/aromatic N) is 2. The molecule has 0 radical (unpaired) electrons. The lowest BCUT2D eigenvalue weighted by Gasteiger charge is -2.32. The van der Waals surface area contributed by atoms with E-state index >= 15 is 0 Å². The second-order valence-corrected chi connectivity index (χ2v) is 4.99. The van der Waals surface area contributed by atoms with Gasteiger partial charge in [0, 0.05) is 43.2 Å².